The number of hydrogen-bond donors (Lipinski definition) is 2. The lowest BCUT2D eigenvalue weighted by atomic mass is 10.2. The maximum Gasteiger partial charge on any atom is 0.407 e. The van der Waals surface area contributed by atoms with Crippen molar-refractivity contribution in [1.82, 2.24) is 5.32 Å². The number of hydrogen-bond acceptors (Lipinski definition) is 7. The van der Waals surface area contributed by atoms with E-state index in [4.69, 9.17) is 9.84 Å². The molecule has 1 heterocycles. The molecule has 0 bridgehead atoms. The zero-order chi connectivity index (χ0) is 20.8. The van der Waals surface area contributed by atoms with Crippen LogP contribution in [0.3, 0.4) is 0 Å². The first-order valence-electron chi connectivity index (χ1n) is 8.76. The number of carbonyl (C=O) groups excluding carboxylic acids is 1. The number of amides is 1. The molecule has 1 aromatic heterocycles. The fourth-order valence-electron chi connectivity index (χ4n) is 2.16. The third-order valence-electron chi connectivity index (χ3n) is 3.41. The number of alkyl carbamates (subject to hydrolysis) is 1. The molecule has 0 atom stereocenters. The fourth-order valence-corrected chi connectivity index (χ4v) is 5.69. The number of aliphatic hydroxyl groups is 1. The van der Waals surface area contributed by atoms with Gasteiger partial charge >= 0.3 is 6.09 Å². The molecule has 0 fully saturated rings. The van der Waals surface area contributed by atoms with Gasteiger partial charge in [-0.2, -0.15) is 0 Å². The summed E-state index contributed by atoms with van der Waals surface area (Å²) in [5.41, 5.74) is -0.587. The number of thiophene rings is 1. The fraction of sp³-hybridized carbons (Fsp3) is 0.421. The SMILES string of the molecule is CC(C)(C)OC(=O)NCc1ccc(S(=O)(=O)c2ccc(SCCCO)cc2)s1. The Labute approximate surface area is 174 Å². The normalized spacial score (nSPS) is 12.0. The quantitative estimate of drug-likeness (QED) is 0.472. The summed E-state index contributed by atoms with van der Waals surface area (Å²) in [6.07, 6.45) is 0.152. The summed E-state index contributed by atoms with van der Waals surface area (Å²) >= 11 is 2.70. The van der Waals surface area contributed by atoms with E-state index in [2.05, 4.69) is 5.32 Å². The van der Waals surface area contributed by atoms with Crippen molar-refractivity contribution in [2.45, 2.75) is 53.3 Å². The average molecular weight is 444 g/mol. The number of thioether (sulfide) groups is 1. The van der Waals surface area contributed by atoms with Crippen LogP contribution in [0.15, 0.2) is 50.4 Å². The topological polar surface area (TPSA) is 92.7 Å². The first kappa shape index (κ1) is 22.7. The summed E-state index contributed by atoms with van der Waals surface area (Å²) in [7, 11) is -3.60. The van der Waals surface area contributed by atoms with E-state index in [0.29, 0.717) is 6.42 Å². The standard InChI is InChI=1S/C19H25NO5S3/c1-19(2,3)25-18(22)20-13-15-7-10-17(27-15)28(23,24)16-8-5-14(6-9-16)26-12-4-11-21/h5-10,21H,4,11-13H2,1-3H3,(H,20,22). The second-order valence-electron chi connectivity index (χ2n) is 6.98. The van der Waals surface area contributed by atoms with E-state index in [0.717, 1.165) is 26.9 Å². The maximum absolute atomic E-state index is 12.8. The average Bonchev–Trinajstić information content (AvgIpc) is 3.09. The van der Waals surface area contributed by atoms with E-state index >= 15 is 0 Å². The van der Waals surface area contributed by atoms with Crippen LogP contribution in [0.25, 0.3) is 0 Å². The minimum Gasteiger partial charge on any atom is -0.444 e. The molecule has 0 spiro atoms. The highest BCUT2D eigenvalue weighted by molar-refractivity contribution is 7.99. The largest absolute Gasteiger partial charge is 0.444 e. The Bertz CT molecular complexity index is 883. The lowest BCUT2D eigenvalue weighted by Crippen LogP contribution is -2.31. The lowest BCUT2D eigenvalue weighted by Gasteiger charge is -2.19. The van der Waals surface area contributed by atoms with Crippen molar-refractivity contribution < 1.29 is 23.1 Å². The minimum absolute atomic E-state index is 0.142. The Hall–Kier alpha value is -1.55. The Balaban J connectivity index is 2.01. The molecule has 0 saturated carbocycles. The van der Waals surface area contributed by atoms with Gasteiger partial charge in [-0.3, -0.25) is 0 Å². The second-order valence-corrected chi connectivity index (χ2v) is 11.5. The molecular weight excluding hydrogens is 418 g/mol. The van der Waals surface area contributed by atoms with Gasteiger partial charge in [0.15, 0.2) is 0 Å². The van der Waals surface area contributed by atoms with Crippen LogP contribution in [0, 0.1) is 0 Å². The van der Waals surface area contributed by atoms with Crippen molar-refractivity contribution in [3.63, 3.8) is 0 Å². The predicted molar refractivity (Wildman–Crippen MR) is 112 cm³/mol. The van der Waals surface area contributed by atoms with Gasteiger partial charge in [-0.25, -0.2) is 13.2 Å². The van der Waals surface area contributed by atoms with E-state index in [1.165, 1.54) is 0 Å². The molecule has 0 saturated heterocycles. The molecule has 6 nitrogen and oxygen atoms in total. The molecule has 154 valence electrons. The number of nitrogens with one attached hydrogen (secondary N) is 1. The molecule has 2 rings (SSSR count). The lowest BCUT2D eigenvalue weighted by molar-refractivity contribution is 0.0524. The monoisotopic (exact) mass is 443 g/mol. The molecule has 28 heavy (non-hydrogen) atoms. The number of sulfone groups is 1. The minimum atomic E-state index is -3.60. The zero-order valence-corrected chi connectivity index (χ0v) is 18.5. The molecule has 1 amide bonds. The maximum atomic E-state index is 12.8. The van der Waals surface area contributed by atoms with Gasteiger partial charge in [0.25, 0.3) is 0 Å². The van der Waals surface area contributed by atoms with Crippen LogP contribution in [0.2, 0.25) is 0 Å². The predicted octanol–water partition coefficient (Wildman–Crippen LogP) is 4.08. The highest BCUT2D eigenvalue weighted by Gasteiger charge is 2.21. The van der Waals surface area contributed by atoms with Crippen molar-refractivity contribution in [2.75, 3.05) is 12.4 Å². The van der Waals surface area contributed by atoms with Crippen LogP contribution in [-0.2, 0) is 21.1 Å². The van der Waals surface area contributed by atoms with E-state index in [-0.39, 0.29) is 22.3 Å². The first-order chi connectivity index (χ1) is 13.1. The number of carbonyl (C=O) groups is 1. The van der Waals surface area contributed by atoms with Crippen molar-refractivity contribution in [1.29, 1.82) is 0 Å². The zero-order valence-electron chi connectivity index (χ0n) is 16.1. The van der Waals surface area contributed by atoms with E-state index in [1.807, 2.05) is 0 Å². The van der Waals surface area contributed by atoms with Crippen LogP contribution in [0.5, 0.6) is 0 Å². The summed E-state index contributed by atoms with van der Waals surface area (Å²) in [6.45, 7) is 5.68. The highest BCUT2D eigenvalue weighted by atomic mass is 32.2. The third-order valence-corrected chi connectivity index (χ3v) is 7.86. The smallest absolute Gasteiger partial charge is 0.407 e. The number of ether oxygens (including phenoxy) is 1. The number of benzene rings is 1. The van der Waals surface area contributed by atoms with Crippen LogP contribution in [0.1, 0.15) is 32.1 Å². The Morgan fingerprint density at radius 1 is 1.18 bits per heavy atom. The molecular formula is C19H25NO5S3. The van der Waals surface area contributed by atoms with Gasteiger partial charge in [0.05, 0.1) is 11.4 Å². The van der Waals surface area contributed by atoms with E-state index in [9.17, 15) is 13.2 Å². The van der Waals surface area contributed by atoms with E-state index < -0.39 is 21.5 Å². The summed E-state index contributed by atoms with van der Waals surface area (Å²) < 4.78 is 31.0. The van der Waals surface area contributed by atoms with Crippen LogP contribution >= 0.6 is 23.1 Å². The number of aliphatic hydroxyl groups excluding tert-OH is 1. The molecule has 0 aliphatic rings. The molecule has 0 aliphatic carbocycles. The molecule has 1 aromatic carbocycles. The summed E-state index contributed by atoms with van der Waals surface area (Å²) in [6, 6.07) is 9.97. The van der Waals surface area contributed by atoms with Crippen LogP contribution in [0.4, 0.5) is 4.79 Å². The van der Waals surface area contributed by atoms with Gasteiger partial charge in [0, 0.05) is 22.1 Å². The Morgan fingerprint density at radius 2 is 1.86 bits per heavy atom. The second kappa shape index (κ2) is 9.78. The van der Waals surface area contributed by atoms with E-state index in [1.54, 1.807) is 68.9 Å². The molecule has 2 aromatic rings. The van der Waals surface area contributed by atoms with Crippen molar-refractivity contribution in [3.05, 3.63) is 41.3 Å². The van der Waals surface area contributed by atoms with Crippen molar-refractivity contribution >= 4 is 39.0 Å². The molecule has 0 unspecified atom stereocenters. The Morgan fingerprint density at radius 3 is 2.46 bits per heavy atom. The number of rotatable bonds is 8. The molecule has 2 N–H and O–H groups in total. The Kier molecular flexibility index (Phi) is 7.94. The summed E-state index contributed by atoms with van der Waals surface area (Å²) in [5.74, 6) is 0.779. The van der Waals surface area contributed by atoms with Crippen LogP contribution < -0.4 is 5.32 Å². The van der Waals surface area contributed by atoms with Crippen LogP contribution in [-0.4, -0.2) is 37.6 Å². The van der Waals surface area contributed by atoms with Gasteiger partial charge in [-0.15, -0.1) is 23.1 Å². The van der Waals surface area contributed by atoms with Gasteiger partial charge in [0.1, 0.15) is 9.81 Å². The summed E-state index contributed by atoms with van der Waals surface area (Å²) in [4.78, 5) is 13.6. The first-order valence-corrected chi connectivity index (χ1v) is 12.0. The molecule has 0 radical (unpaired) electrons. The van der Waals surface area contributed by atoms with Gasteiger partial charge in [0.2, 0.25) is 9.84 Å². The van der Waals surface area contributed by atoms with Gasteiger partial charge in [-0.1, -0.05) is 0 Å². The molecule has 0 aliphatic heterocycles. The molecule has 9 heteroatoms. The van der Waals surface area contributed by atoms with Crippen molar-refractivity contribution in [2.24, 2.45) is 0 Å². The highest BCUT2D eigenvalue weighted by Crippen LogP contribution is 2.29. The summed E-state index contributed by atoms with van der Waals surface area (Å²) in [5, 5.41) is 11.4. The van der Waals surface area contributed by atoms with Gasteiger partial charge in [-0.05, 0) is 63.6 Å². The third kappa shape index (κ3) is 6.80. The van der Waals surface area contributed by atoms with Gasteiger partial charge < -0.3 is 15.2 Å². The van der Waals surface area contributed by atoms with Crippen molar-refractivity contribution in [3.8, 4) is 0 Å².